The zero-order valence-corrected chi connectivity index (χ0v) is 15.0. The van der Waals surface area contributed by atoms with E-state index in [1.165, 1.54) is 0 Å². The number of ether oxygens (including phenoxy) is 1. The van der Waals surface area contributed by atoms with Crippen LogP contribution in [0.1, 0.15) is 27.2 Å². The van der Waals surface area contributed by atoms with E-state index in [9.17, 15) is 23.1 Å². The Morgan fingerprint density at radius 1 is 1.31 bits per heavy atom. The van der Waals surface area contributed by atoms with Gasteiger partial charge in [-0.25, -0.2) is 9.78 Å². The summed E-state index contributed by atoms with van der Waals surface area (Å²) in [4.78, 5) is 15.3. The van der Waals surface area contributed by atoms with Crippen molar-refractivity contribution in [2.75, 3.05) is 12.3 Å². The summed E-state index contributed by atoms with van der Waals surface area (Å²) >= 11 is 1.21. The molecule has 0 saturated heterocycles. The highest BCUT2D eigenvalue weighted by atomic mass is 32.1. The van der Waals surface area contributed by atoms with Crippen molar-refractivity contribution in [1.82, 2.24) is 4.98 Å². The van der Waals surface area contributed by atoms with Gasteiger partial charge in [0, 0.05) is 0 Å². The maximum Gasteiger partial charge on any atom is 0.428 e. The molecule has 3 N–H and O–H groups in total. The number of nitrogens with two attached hydrogens (primary N) is 1. The summed E-state index contributed by atoms with van der Waals surface area (Å²) in [5.74, 6) is -0.846. The fraction of sp³-hybridized carbons (Fsp3) is 0.250. The van der Waals surface area contributed by atoms with E-state index in [0.29, 0.717) is 21.6 Å². The van der Waals surface area contributed by atoms with Crippen LogP contribution in [-0.2, 0) is 10.3 Å². The first-order valence-electron chi connectivity index (χ1n) is 7.40. The minimum Gasteiger partial charge on any atom is -0.462 e. The quantitative estimate of drug-likeness (QED) is 0.646. The fourth-order valence-electron chi connectivity index (χ4n) is 2.35. The van der Waals surface area contributed by atoms with Crippen molar-refractivity contribution in [3.8, 4) is 0 Å². The molecule has 0 aliphatic rings. The number of nitrogens with zero attached hydrogens (tertiary/aromatic N) is 1. The van der Waals surface area contributed by atoms with E-state index in [1.807, 2.05) is 0 Å². The van der Waals surface area contributed by atoms with E-state index in [0.717, 1.165) is 17.4 Å². The number of benzene rings is 1. The first-order valence-corrected chi connectivity index (χ1v) is 9.03. The van der Waals surface area contributed by atoms with Crippen LogP contribution in [0.3, 0.4) is 0 Å². The lowest BCUT2D eigenvalue weighted by molar-refractivity contribution is -0.247. The molecule has 1 atom stereocenters. The third-order valence-electron chi connectivity index (χ3n) is 3.63. The highest BCUT2D eigenvalue weighted by Gasteiger charge is 2.59. The number of alkyl halides is 3. The van der Waals surface area contributed by atoms with Gasteiger partial charge in [-0.2, -0.15) is 13.2 Å². The number of para-hydroxylation sites is 1. The van der Waals surface area contributed by atoms with Crippen LogP contribution >= 0.6 is 22.7 Å². The number of rotatable bonds is 4. The number of hydrogen-bond donors (Lipinski definition) is 2. The average Bonchev–Trinajstić information content (AvgIpc) is 3.17. The molecular weight excluding hydrogens is 389 g/mol. The van der Waals surface area contributed by atoms with Crippen LogP contribution in [0, 0.1) is 0 Å². The Morgan fingerprint density at radius 2 is 2.00 bits per heavy atom. The minimum absolute atomic E-state index is 0.0465. The second kappa shape index (κ2) is 6.53. The number of hydrogen-bond acceptors (Lipinski definition) is 7. The van der Waals surface area contributed by atoms with Crippen molar-refractivity contribution in [3.05, 3.63) is 45.8 Å². The third-order valence-corrected chi connectivity index (χ3v) is 5.84. The number of esters is 1. The van der Waals surface area contributed by atoms with Gasteiger partial charge in [0.1, 0.15) is 10.0 Å². The Hall–Kier alpha value is -2.17. The smallest absolute Gasteiger partial charge is 0.428 e. The normalized spacial score (nSPS) is 14.3. The molecule has 2 heterocycles. The molecule has 1 aromatic carbocycles. The van der Waals surface area contributed by atoms with Crippen LogP contribution < -0.4 is 5.73 Å². The number of aliphatic hydroxyl groups is 1. The van der Waals surface area contributed by atoms with Gasteiger partial charge in [0.05, 0.1) is 27.3 Å². The predicted octanol–water partition coefficient (Wildman–Crippen LogP) is 3.91. The lowest BCUT2D eigenvalue weighted by Gasteiger charge is -2.27. The van der Waals surface area contributed by atoms with Crippen molar-refractivity contribution >= 4 is 43.9 Å². The Balaban J connectivity index is 2.18. The van der Waals surface area contributed by atoms with Crippen LogP contribution in [0.25, 0.3) is 10.2 Å². The molecule has 0 aliphatic heterocycles. The summed E-state index contributed by atoms with van der Waals surface area (Å²) in [6.45, 7) is 1.61. The Kier molecular flexibility index (Phi) is 4.67. The molecule has 10 heteroatoms. The van der Waals surface area contributed by atoms with Gasteiger partial charge in [-0.3, -0.25) is 0 Å². The summed E-state index contributed by atoms with van der Waals surface area (Å²) in [5.41, 5.74) is 2.44. The molecule has 3 aromatic rings. The summed E-state index contributed by atoms with van der Waals surface area (Å²) < 4.78 is 46.9. The van der Waals surface area contributed by atoms with Gasteiger partial charge in [0.25, 0.3) is 0 Å². The Labute approximate surface area is 153 Å². The van der Waals surface area contributed by atoms with E-state index in [-0.39, 0.29) is 17.2 Å². The first kappa shape index (κ1) is 18.6. The first-order chi connectivity index (χ1) is 12.2. The molecule has 3 rings (SSSR count). The largest absolute Gasteiger partial charge is 0.462 e. The van der Waals surface area contributed by atoms with Gasteiger partial charge in [0.15, 0.2) is 0 Å². The van der Waals surface area contributed by atoms with Crippen LogP contribution in [0.4, 0.5) is 18.2 Å². The molecule has 5 nitrogen and oxygen atoms in total. The van der Waals surface area contributed by atoms with E-state index in [2.05, 4.69) is 4.98 Å². The van der Waals surface area contributed by atoms with E-state index < -0.39 is 27.6 Å². The maximum atomic E-state index is 13.9. The van der Waals surface area contributed by atoms with Crippen molar-refractivity contribution in [2.24, 2.45) is 0 Å². The number of carbonyl (C=O) groups is 1. The monoisotopic (exact) mass is 402 g/mol. The lowest BCUT2D eigenvalue weighted by atomic mass is 10.0. The van der Waals surface area contributed by atoms with E-state index in [4.69, 9.17) is 10.5 Å². The molecule has 0 spiro atoms. The van der Waals surface area contributed by atoms with Crippen LogP contribution in [0.5, 0.6) is 0 Å². The number of halogens is 3. The Morgan fingerprint density at radius 3 is 2.62 bits per heavy atom. The van der Waals surface area contributed by atoms with Crippen molar-refractivity contribution in [3.63, 3.8) is 0 Å². The minimum atomic E-state index is -5.07. The van der Waals surface area contributed by atoms with Gasteiger partial charge in [-0.1, -0.05) is 12.1 Å². The highest BCUT2D eigenvalue weighted by molar-refractivity contribution is 7.19. The molecular formula is C16H13F3N2O3S2. The number of thiazole rings is 1. The molecule has 0 saturated carbocycles. The number of fused-ring (bicyclic) bond motifs is 1. The maximum absolute atomic E-state index is 13.9. The number of thiophene rings is 1. The second-order valence-corrected chi connectivity index (χ2v) is 7.42. The number of aromatic nitrogens is 1. The number of nitrogen functional groups attached to an aromatic ring is 1. The highest BCUT2D eigenvalue weighted by Crippen LogP contribution is 2.49. The predicted molar refractivity (Wildman–Crippen MR) is 93.4 cm³/mol. The zero-order chi connectivity index (χ0) is 19.1. The van der Waals surface area contributed by atoms with Crippen LogP contribution in [0.15, 0.2) is 30.3 Å². The van der Waals surface area contributed by atoms with E-state index in [1.54, 1.807) is 31.2 Å². The number of anilines is 1. The fourth-order valence-corrected chi connectivity index (χ4v) is 4.53. The standard InChI is InChI=1S/C16H13F3N2O3S2/c1-2-24-13(22)8-7-11(26-12(8)20)15(23,16(17,18)19)14-21-9-5-3-4-6-10(9)25-14/h3-7,23H,2,20H2,1H3/t15-/m0/s1. The summed E-state index contributed by atoms with van der Waals surface area (Å²) in [5, 5.41) is 9.96. The SMILES string of the molecule is CCOC(=O)c1cc([C@](O)(c2nc3ccccc3s2)C(F)(F)F)sc1N. The molecule has 26 heavy (non-hydrogen) atoms. The third kappa shape index (κ3) is 2.93. The summed E-state index contributed by atoms with van der Waals surface area (Å²) in [7, 11) is 0. The van der Waals surface area contributed by atoms with Crippen molar-refractivity contribution < 1.29 is 27.8 Å². The van der Waals surface area contributed by atoms with Crippen molar-refractivity contribution in [2.45, 2.75) is 18.7 Å². The zero-order valence-electron chi connectivity index (χ0n) is 13.3. The molecule has 0 unspecified atom stereocenters. The molecule has 0 aliphatic carbocycles. The second-order valence-electron chi connectivity index (χ2n) is 5.30. The van der Waals surface area contributed by atoms with Crippen LogP contribution in [0.2, 0.25) is 0 Å². The molecule has 0 fully saturated rings. The molecule has 0 bridgehead atoms. The molecule has 0 amide bonds. The summed E-state index contributed by atoms with van der Waals surface area (Å²) in [6, 6.07) is 7.38. The van der Waals surface area contributed by atoms with Crippen LogP contribution in [-0.4, -0.2) is 28.8 Å². The molecule has 138 valence electrons. The van der Waals surface area contributed by atoms with E-state index >= 15 is 0 Å². The van der Waals surface area contributed by atoms with Gasteiger partial charge < -0.3 is 15.6 Å². The average molecular weight is 402 g/mol. The number of carbonyl (C=O) groups excluding carboxylic acids is 1. The summed E-state index contributed by atoms with van der Waals surface area (Å²) in [6.07, 6.45) is -5.07. The van der Waals surface area contributed by atoms with Gasteiger partial charge in [-0.15, -0.1) is 22.7 Å². The topological polar surface area (TPSA) is 85.4 Å². The van der Waals surface area contributed by atoms with Gasteiger partial charge >= 0.3 is 12.1 Å². The Bertz CT molecular complexity index is 934. The van der Waals surface area contributed by atoms with Gasteiger partial charge in [0.2, 0.25) is 5.60 Å². The van der Waals surface area contributed by atoms with Crippen molar-refractivity contribution in [1.29, 1.82) is 0 Å². The van der Waals surface area contributed by atoms with Gasteiger partial charge in [-0.05, 0) is 25.1 Å². The molecule has 2 aromatic heterocycles. The molecule has 0 radical (unpaired) electrons. The lowest BCUT2D eigenvalue weighted by Crippen LogP contribution is -2.42.